The van der Waals surface area contributed by atoms with Crippen LogP contribution in [0, 0.1) is 11.3 Å². The summed E-state index contributed by atoms with van der Waals surface area (Å²) in [5, 5.41) is 8.46. The topological polar surface area (TPSA) is 23.8 Å². The van der Waals surface area contributed by atoms with E-state index in [1.54, 1.807) is 0 Å². The van der Waals surface area contributed by atoms with E-state index in [1.807, 2.05) is 0 Å². The second kappa shape index (κ2) is 3.66. The first-order chi connectivity index (χ1) is 6.49. The van der Waals surface area contributed by atoms with Crippen molar-refractivity contribution in [3.63, 3.8) is 0 Å². The van der Waals surface area contributed by atoms with Crippen molar-refractivity contribution in [3.05, 3.63) is 34.9 Å². The summed E-state index contributed by atoms with van der Waals surface area (Å²) in [4.78, 5) is 0. The molecular formula is C9H5F4N. The van der Waals surface area contributed by atoms with Gasteiger partial charge in [-0.25, -0.2) is 4.39 Å². The Morgan fingerprint density at radius 2 is 1.93 bits per heavy atom. The molecule has 14 heavy (non-hydrogen) atoms. The van der Waals surface area contributed by atoms with Crippen LogP contribution in [0.1, 0.15) is 16.7 Å². The van der Waals surface area contributed by atoms with Gasteiger partial charge in [0.2, 0.25) is 0 Å². The standard InChI is InChI=1S/C9H5F4N/c10-4-6-1-2-8(9(11,12)13)3-7(6)5-14/h1-3H,4H2. The highest BCUT2D eigenvalue weighted by Gasteiger charge is 2.30. The Kier molecular flexibility index (Phi) is 2.75. The van der Waals surface area contributed by atoms with Gasteiger partial charge in [-0.3, -0.25) is 0 Å². The molecule has 0 aliphatic heterocycles. The molecule has 0 spiro atoms. The fourth-order valence-electron chi connectivity index (χ4n) is 0.973. The van der Waals surface area contributed by atoms with Gasteiger partial charge in [0, 0.05) is 5.56 Å². The van der Waals surface area contributed by atoms with Crippen LogP contribution in [0.4, 0.5) is 17.6 Å². The van der Waals surface area contributed by atoms with Gasteiger partial charge in [0.25, 0.3) is 0 Å². The second-order valence-corrected chi connectivity index (χ2v) is 2.62. The third-order valence-corrected chi connectivity index (χ3v) is 1.70. The minimum atomic E-state index is -4.50. The predicted molar refractivity (Wildman–Crippen MR) is 41.0 cm³/mol. The van der Waals surface area contributed by atoms with E-state index in [0.29, 0.717) is 6.07 Å². The van der Waals surface area contributed by atoms with Crippen LogP contribution in [0.25, 0.3) is 0 Å². The zero-order chi connectivity index (χ0) is 10.8. The normalized spacial score (nSPS) is 11.1. The third-order valence-electron chi connectivity index (χ3n) is 1.70. The predicted octanol–water partition coefficient (Wildman–Crippen LogP) is 3.05. The first kappa shape index (κ1) is 10.5. The summed E-state index contributed by atoms with van der Waals surface area (Å²) in [6.07, 6.45) is -4.50. The molecule has 0 atom stereocenters. The first-order valence-electron chi connectivity index (χ1n) is 3.65. The number of hydrogen-bond donors (Lipinski definition) is 0. The van der Waals surface area contributed by atoms with E-state index < -0.39 is 18.4 Å². The number of benzene rings is 1. The average Bonchev–Trinajstić information content (AvgIpc) is 2.15. The van der Waals surface area contributed by atoms with Crippen molar-refractivity contribution >= 4 is 0 Å². The van der Waals surface area contributed by atoms with Gasteiger partial charge < -0.3 is 0 Å². The molecule has 0 unspecified atom stereocenters. The molecule has 74 valence electrons. The Hall–Kier alpha value is -1.57. The number of halogens is 4. The molecule has 1 aromatic rings. The SMILES string of the molecule is N#Cc1cc(C(F)(F)F)ccc1CF. The van der Waals surface area contributed by atoms with Gasteiger partial charge in [-0.1, -0.05) is 6.07 Å². The van der Waals surface area contributed by atoms with Crippen molar-refractivity contribution < 1.29 is 17.6 Å². The van der Waals surface area contributed by atoms with Gasteiger partial charge >= 0.3 is 6.18 Å². The Bertz CT molecular complexity index is 375. The summed E-state index contributed by atoms with van der Waals surface area (Å²) in [6.45, 7) is -0.943. The van der Waals surface area contributed by atoms with Crippen LogP contribution in [-0.2, 0) is 12.9 Å². The molecule has 5 heteroatoms. The van der Waals surface area contributed by atoms with Crippen LogP contribution in [-0.4, -0.2) is 0 Å². The number of hydrogen-bond acceptors (Lipinski definition) is 1. The molecule has 0 fully saturated rings. The van der Waals surface area contributed by atoms with E-state index in [1.165, 1.54) is 6.07 Å². The lowest BCUT2D eigenvalue weighted by Gasteiger charge is -2.07. The highest BCUT2D eigenvalue weighted by molar-refractivity contribution is 5.41. The summed E-state index contributed by atoms with van der Waals surface area (Å²) in [6, 6.07) is 3.90. The lowest BCUT2D eigenvalue weighted by Crippen LogP contribution is -2.05. The molecule has 0 bridgehead atoms. The van der Waals surface area contributed by atoms with Crippen molar-refractivity contribution in [2.45, 2.75) is 12.9 Å². The first-order valence-corrected chi connectivity index (χ1v) is 3.65. The molecule has 0 heterocycles. The average molecular weight is 203 g/mol. The van der Waals surface area contributed by atoms with Gasteiger partial charge in [-0.15, -0.1) is 0 Å². The van der Waals surface area contributed by atoms with Crippen LogP contribution in [0.15, 0.2) is 18.2 Å². The summed E-state index contributed by atoms with van der Waals surface area (Å²) in [5.41, 5.74) is -1.24. The highest BCUT2D eigenvalue weighted by atomic mass is 19.4. The summed E-state index contributed by atoms with van der Waals surface area (Å²) >= 11 is 0. The van der Waals surface area contributed by atoms with E-state index in [2.05, 4.69) is 0 Å². The van der Waals surface area contributed by atoms with Crippen LogP contribution < -0.4 is 0 Å². The van der Waals surface area contributed by atoms with Gasteiger partial charge in [0.05, 0.1) is 17.2 Å². The molecular weight excluding hydrogens is 198 g/mol. The Morgan fingerprint density at radius 3 is 2.36 bits per heavy atom. The molecule has 0 N–H and O–H groups in total. The van der Waals surface area contributed by atoms with Crippen LogP contribution >= 0.6 is 0 Å². The minimum absolute atomic E-state index is 0.0273. The summed E-state index contributed by atoms with van der Waals surface area (Å²) in [5.74, 6) is 0. The molecule has 0 amide bonds. The van der Waals surface area contributed by atoms with E-state index in [-0.39, 0.29) is 11.1 Å². The Morgan fingerprint density at radius 1 is 1.29 bits per heavy atom. The maximum atomic E-state index is 12.2. The summed E-state index contributed by atoms with van der Waals surface area (Å²) < 4.78 is 48.6. The maximum Gasteiger partial charge on any atom is 0.416 e. The van der Waals surface area contributed by atoms with E-state index in [9.17, 15) is 17.6 Å². The molecule has 0 aliphatic carbocycles. The molecule has 0 aromatic heterocycles. The molecule has 0 saturated heterocycles. The van der Waals surface area contributed by atoms with Gasteiger partial charge in [-0.05, 0) is 12.1 Å². The monoisotopic (exact) mass is 203 g/mol. The fraction of sp³-hybridized carbons (Fsp3) is 0.222. The Balaban J connectivity index is 3.23. The summed E-state index contributed by atoms with van der Waals surface area (Å²) in [7, 11) is 0. The fourth-order valence-corrected chi connectivity index (χ4v) is 0.973. The molecule has 0 saturated carbocycles. The number of rotatable bonds is 1. The number of alkyl halides is 4. The van der Waals surface area contributed by atoms with E-state index in [0.717, 1.165) is 12.1 Å². The van der Waals surface area contributed by atoms with E-state index in [4.69, 9.17) is 5.26 Å². The smallest absolute Gasteiger partial charge is 0.246 e. The second-order valence-electron chi connectivity index (χ2n) is 2.62. The lowest BCUT2D eigenvalue weighted by molar-refractivity contribution is -0.137. The van der Waals surface area contributed by atoms with Gasteiger partial charge in [-0.2, -0.15) is 18.4 Å². The van der Waals surface area contributed by atoms with Gasteiger partial charge in [0.1, 0.15) is 6.67 Å². The molecule has 0 radical (unpaired) electrons. The highest BCUT2D eigenvalue weighted by Crippen LogP contribution is 2.30. The van der Waals surface area contributed by atoms with Crippen molar-refractivity contribution in [1.29, 1.82) is 5.26 Å². The number of nitrogens with zero attached hydrogens (tertiary/aromatic N) is 1. The zero-order valence-corrected chi connectivity index (χ0v) is 6.90. The maximum absolute atomic E-state index is 12.2. The largest absolute Gasteiger partial charge is 0.416 e. The lowest BCUT2D eigenvalue weighted by atomic mass is 10.1. The van der Waals surface area contributed by atoms with Crippen LogP contribution in [0.2, 0.25) is 0 Å². The van der Waals surface area contributed by atoms with Crippen molar-refractivity contribution in [2.75, 3.05) is 0 Å². The van der Waals surface area contributed by atoms with Crippen molar-refractivity contribution in [1.82, 2.24) is 0 Å². The van der Waals surface area contributed by atoms with Crippen molar-refractivity contribution in [3.8, 4) is 6.07 Å². The molecule has 1 aromatic carbocycles. The van der Waals surface area contributed by atoms with Crippen molar-refractivity contribution in [2.24, 2.45) is 0 Å². The van der Waals surface area contributed by atoms with Crippen LogP contribution in [0.3, 0.4) is 0 Å². The third kappa shape index (κ3) is 2.02. The minimum Gasteiger partial charge on any atom is -0.246 e. The van der Waals surface area contributed by atoms with Crippen LogP contribution in [0.5, 0.6) is 0 Å². The molecule has 0 aliphatic rings. The quantitative estimate of drug-likeness (QED) is 0.643. The van der Waals surface area contributed by atoms with Gasteiger partial charge in [0.15, 0.2) is 0 Å². The zero-order valence-electron chi connectivity index (χ0n) is 6.90. The number of nitriles is 1. The Labute approximate surface area is 77.6 Å². The van der Waals surface area contributed by atoms with E-state index >= 15 is 0 Å². The molecule has 1 nitrogen and oxygen atoms in total. The molecule has 1 rings (SSSR count).